The highest BCUT2D eigenvalue weighted by atomic mass is 16.7. The number of hydrogen-bond donors (Lipinski definition) is 13. The standard InChI is InChI=1S/C53H88O21/c1-23(19-67-46-41(64)38(61)36(59)30(72-46)21-69-45-40(63)34(57)28(56)20-68-45)8-9-27(55)24(2)26-12-14-51(7)32-11-10-31-49(4,5)33(13-15-52(31)22-53(32,52)17-16-50(26,51)6)73-47-43(66)39(62)44(25(3)70-47)74-48-42(65)37(60)35(58)29(18-54)71-48/h8,24-48,54-66H,9-22H2,1-7H3/b23-8-/t24-,25+,26+,27-,28+,29+,30+,31-,32-,33-,34-,35+,36+,37-,38-,39+,40+,41+,42+,43+,44-,45-,46+,47-,48-,50+,51-,52-,53-/m0/s1. The first-order valence-corrected chi connectivity index (χ1v) is 27.3. The quantitative estimate of drug-likeness (QED) is 0.0696. The molecule has 5 saturated carbocycles. The van der Waals surface area contributed by atoms with Gasteiger partial charge in [-0.2, -0.15) is 0 Å². The van der Waals surface area contributed by atoms with Gasteiger partial charge in [-0.25, -0.2) is 0 Å². The predicted molar refractivity (Wildman–Crippen MR) is 257 cm³/mol. The Morgan fingerprint density at radius 1 is 0.622 bits per heavy atom. The third-order valence-electron chi connectivity index (χ3n) is 21.3. The zero-order valence-corrected chi connectivity index (χ0v) is 44.0. The summed E-state index contributed by atoms with van der Waals surface area (Å²) in [6, 6.07) is 0. The number of aliphatic hydroxyl groups is 13. The molecule has 9 aliphatic rings. The first-order chi connectivity index (χ1) is 34.8. The summed E-state index contributed by atoms with van der Waals surface area (Å²) in [6.45, 7) is 13.9. The molecule has 9 rings (SSSR count). The Labute approximate surface area is 433 Å². The molecule has 21 nitrogen and oxygen atoms in total. The second-order valence-corrected chi connectivity index (χ2v) is 25.2. The molecule has 0 unspecified atom stereocenters. The van der Waals surface area contributed by atoms with Crippen LogP contribution in [0, 0.1) is 50.7 Å². The third kappa shape index (κ3) is 9.51. The van der Waals surface area contributed by atoms with E-state index in [4.69, 9.17) is 37.9 Å². The van der Waals surface area contributed by atoms with Crippen molar-refractivity contribution >= 4 is 0 Å². The fourth-order valence-corrected chi connectivity index (χ4v) is 16.6. The molecule has 4 aliphatic heterocycles. The van der Waals surface area contributed by atoms with E-state index in [0.29, 0.717) is 24.2 Å². The molecule has 0 aromatic heterocycles. The summed E-state index contributed by atoms with van der Waals surface area (Å²) in [5.74, 6) is 1.25. The highest BCUT2D eigenvalue weighted by Crippen LogP contribution is 2.89. The molecule has 13 N–H and O–H groups in total. The maximum atomic E-state index is 11.8. The minimum Gasteiger partial charge on any atom is -0.394 e. The molecular formula is C53H88O21. The Morgan fingerprint density at radius 3 is 1.93 bits per heavy atom. The van der Waals surface area contributed by atoms with E-state index in [0.717, 1.165) is 56.9 Å². The van der Waals surface area contributed by atoms with E-state index in [-0.39, 0.29) is 58.9 Å². The number of rotatable bonds is 15. The summed E-state index contributed by atoms with van der Waals surface area (Å²) in [5, 5.41) is 137. The van der Waals surface area contributed by atoms with Gasteiger partial charge in [0.2, 0.25) is 0 Å². The zero-order valence-electron chi connectivity index (χ0n) is 44.0. The number of ether oxygens (including phenoxy) is 8. The second-order valence-electron chi connectivity index (χ2n) is 25.2. The summed E-state index contributed by atoms with van der Waals surface area (Å²) in [7, 11) is 0. The van der Waals surface area contributed by atoms with Gasteiger partial charge in [0.05, 0.1) is 44.7 Å². The van der Waals surface area contributed by atoms with E-state index >= 15 is 0 Å². The Hall–Kier alpha value is -1.10. The molecule has 5 aliphatic carbocycles. The first-order valence-electron chi connectivity index (χ1n) is 27.3. The van der Waals surface area contributed by atoms with Crippen LogP contribution in [0.3, 0.4) is 0 Å². The largest absolute Gasteiger partial charge is 0.394 e. The molecule has 0 bridgehead atoms. The van der Waals surface area contributed by atoms with Crippen LogP contribution in [0.2, 0.25) is 0 Å². The third-order valence-corrected chi connectivity index (χ3v) is 21.3. The molecule has 74 heavy (non-hydrogen) atoms. The van der Waals surface area contributed by atoms with Gasteiger partial charge in [-0.05, 0) is 129 Å². The smallest absolute Gasteiger partial charge is 0.187 e. The molecule has 2 spiro atoms. The van der Waals surface area contributed by atoms with Gasteiger partial charge in [-0.15, -0.1) is 0 Å². The van der Waals surface area contributed by atoms with E-state index in [2.05, 4.69) is 34.6 Å². The van der Waals surface area contributed by atoms with Crippen LogP contribution in [0.15, 0.2) is 11.6 Å². The van der Waals surface area contributed by atoms with Gasteiger partial charge < -0.3 is 104 Å². The summed E-state index contributed by atoms with van der Waals surface area (Å²) in [4.78, 5) is 0. The van der Waals surface area contributed by atoms with Crippen LogP contribution in [0.4, 0.5) is 0 Å². The van der Waals surface area contributed by atoms with Crippen molar-refractivity contribution < 1.29 is 104 Å². The molecule has 9 fully saturated rings. The molecule has 21 heteroatoms. The molecule has 4 heterocycles. The van der Waals surface area contributed by atoms with E-state index in [1.165, 1.54) is 6.42 Å². The van der Waals surface area contributed by atoms with Crippen LogP contribution < -0.4 is 0 Å². The van der Waals surface area contributed by atoms with Crippen molar-refractivity contribution in [1.29, 1.82) is 0 Å². The average Bonchev–Trinajstić information content (AvgIpc) is 3.95. The van der Waals surface area contributed by atoms with Gasteiger partial charge in [-0.3, -0.25) is 0 Å². The summed E-state index contributed by atoms with van der Waals surface area (Å²) in [6.07, 6.45) is -15.9. The summed E-state index contributed by atoms with van der Waals surface area (Å²) in [5.41, 5.74) is 1.01. The first kappa shape index (κ1) is 57.6. The predicted octanol–water partition coefficient (Wildman–Crippen LogP) is -0.924. The lowest BCUT2D eigenvalue weighted by atomic mass is 9.41. The van der Waals surface area contributed by atoms with E-state index < -0.39 is 129 Å². The normalized spacial score (nSPS) is 54.1. The fraction of sp³-hybridized carbons (Fsp3) is 0.962. The Kier molecular flexibility index (Phi) is 16.7. The van der Waals surface area contributed by atoms with Crippen molar-refractivity contribution in [2.24, 2.45) is 50.7 Å². The summed E-state index contributed by atoms with van der Waals surface area (Å²) >= 11 is 0. The van der Waals surface area contributed by atoms with Crippen LogP contribution in [0.5, 0.6) is 0 Å². The molecule has 0 aromatic carbocycles. The fourth-order valence-electron chi connectivity index (χ4n) is 16.6. The maximum Gasteiger partial charge on any atom is 0.187 e. The molecular weight excluding hydrogens is 973 g/mol. The van der Waals surface area contributed by atoms with Crippen LogP contribution >= 0.6 is 0 Å². The Bertz CT molecular complexity index is 1960. The van der Waals surface area contributed by atoms with Crippen molar-refractivity contribution in [3.8, 4) is 0 Å². The van der Waals surface area contributed by atoms with Crippen molar-refractivity contribution in [1.82, 2.24) is 0 Å². The lowest BCUT2D eigenvalue weighted by Crippen LogP contribution is -2.64. The number of fused-ring (bicyclic) bond motifs is 2. The van der Waals surface area contributed by atoms with Gasteiger partial charge in [-0.1, -0.05) is 46.3 Å². The lowest BCUT2D eigenvalue weighted by Gasteiger charge is -2.63. The van der Waals surface area contributed by atoms with Crippen molar-refractivity contribution in [2.75, 3.05) is 26.4 Å². The molecule has 0 aromatic rings. The molecule has 29 atom stereocenters. The molecule has 0 radical (unpaired) electrons. The SMILES string of the molecule is C/C(=C/C[C@H](O)[C@@H](C)[C@H]1CC[C@@]2(C)[C@@H]3CC[C@H]4C(C)(C)[C@@H](O[C@@H]5O[C@H](C)[C@H](O[C@@H]6O[C@H](CO)[C@@H](O)[C@H](O)[C@H]6O)[C@H](O)[C@H]5O)CC[C@]45C[C@@]35CC[C@]12C)CO[C@@H]1O[C@H](CO[C@@H]2OC[C@@H](O)[C@H](O)[C@H]2O)[C@@H](O)[C@H](O)[C@H]1O. The molecule has 0 amide bonds. The Balaban J connectivity index is 0.778. The Morgan fingerprint density at radius 2 is 1.23 bits per heavy atom. The maximum absolute atomic E-state index is 11.8. The van der Waals surface area contributed by atoms with Gasteiger partial charge in [0.1, 0.15) is 85.5 Å². The highest BCUT2D eigenvalue weighted by molar-refractivity contribution is 5.31. The summed E-state index contributed by atoms with van der Waals surface area (Å²) < 4.78 is 46.7. The number of aliphatic hydroxyl groups excluding tert-OH is 13. The molecule has 426 valence electrons. The van der Waals surface area contributed by atoms with E-state index in [1.54, 1.807) is 6.92 Å². The molecule has 4 saturated heterocycles. The van der Waals surface area contributed by atoms with Gasteiger partial charge in [0, 0.05) is 0 Å². The number of hydrogen-bond acceptors (Lipinski definition) is 21. The topological polar surface area (TPSA) is 337 Å². The van der Waals surface area contributed by atoms with Gasteiger partial charge >= 0.3 is 0 Å². The van der Waals surface area contributed by atoms with Crippen LogP contribution in [0.1, 0.15) is 113 Å². The van der Waals surface area contributed by atoms with E-state index in [1.807, 2.05) is 13.0 Å². The van der Waals surface area contributed by atoms with Crippen LogP contribution in [-0.2, 0) is 37.9 Å². The minimum absolute atomic E-state index is 0.00873. The monoisotopic (exact) mass is 1060 g/mol. The van der Waals surface area contributed by atoms with Gasteiger partial charge in [0.15, 0.2) is 25.2 Å². The highest BCUT2D eigenvalue weighted by Gasteiger charge is 2.82. The minimum atomic E-state index is -1.68. The van der Waals surface area contributed by atoms with Crippen molar-refractivity contribution in [3.63, 3.8) is 0 Å². The lowest BCUT2D eigenvalue weighted by molar-refractivity contribution is -0.363. The van der Waals surface area contributed by atoms with Crippen molar-refractivity contribution in [3.05, 3.63) is 11.6 Å². The van der Waals surface area contributed by atoms with Crippen LogP contribution in [0.25, 0.3) is 0 Å². The average molecular weight is 1060 g/mol. The van der Waals surface area contributed by atoms with Crippen molar-refractivity contribution in [2.45, 2.75) is 242 Å². The zero-order chi connectivity index (χ0) is 53.8. The second kappa shape index (κ2) is 21.4. The van der Waals surface area contributed by atoms with E-state index in [9.17, 15) is 66.4 Å². The van der Waals surface area contributed by atoms with Gasteiger partial charge in [0.25, 0.3) is 0 Å². The van der Waals surface area contributed by atoms with Crippen LogP contribution in [-0.4, -0.2) is 222 Å².